The number of halogens is 1. The van der Waals surface area contributed by atoms with Gasteiger partial charge in [-0.1, -0.05) is 0 Å². The van der Waals surface area contributed by atoms with Crippen LogP contribution in [0.5, 0.6) is 0 Å². The summed E-state index contributed by atoms with van der Waals surface area (Å²) in [4.78, 5) is 15.1. The Kier molecular flexibility index (Phi) is 3.09. The molecule has 0 radical (unpaired) electrons. The van der Waals surface area contributed by atoms with E-state index in [2.05, 4.69) is 32.9 Å². The molecule has 2 heterocycles. The van der Waals surface area contributed by atoms with E-state index in [-0.39, 0.29) is 5.91 Å². The number of carbonyl (C=O) groups excluding carboxylic acids is 1. The number of aromatic amines is 1. The van der Waals surface area contributed by atoms with Crippen LogP contribution < -0.4 is 5.32 Å². The molecule has 2 aromatic heterocycles. The zero-order chi connectivity index (χ0) is 12.5. The summed E-state index contributed by atoms with van der Waals surface area (Å²) in [5, 5.41) is 4.87. The molecule has 1 amide bonds. The van der Waals surface area contributed by atoms with Crippen molar-refractivity contribution in [1.29, 1.82) is 0 Å². The van der Waals surface area contributed by atoms with Crippen molar-refractivity contribution in [3.63, 3.8) is 0 Å². The lowest BCUT2D eigenvalue weighted by Gasteiger charge is -2.03. The Balaban J connectivity index is 1.82. The number of amides is 1. The van der Waals surface area contributed by atoms with Crippen LogP contribution in [-0.2, 0) is 0 Å². The Morgan fingerprint density at radius 3 is 2.72 bits per heavy atom. The average molecular weight is 368 g/mol. The highest BCUT2D eigenvalue weighted by Crippen LogP contribution is 2.22. The molecule has 0 aliphatic carbocycles. The Morgan fingerprint density at radius 1 is 1.22 bits per heavy atom. The molecule has 3 aromatic rings. The molecular formula is C13H9IN2OS. The van der Waals surface area contributed by atoms with Gasteiger partial charge in [0.2, 0.25) is 0 Å². The number of fused-ring (bicyclic) bond motifs is 1. The van der Waals surface area contributed by atoms with Crippen LogP contribution in [0.3, 0.4) is 0 Å². The molecule has 0 unspecified atom stereocenters. The zero-order valence-corrected chi connectivity index (χ0v) is 12.2. The van der Waals surface area contributed by atoms with Gasteiger partial charge >= 0.3 is 0 Å². The lowest BCUT2D eigenvalue weighted by atomic mass is 10.3. The molecule has 0 saturated heterocycles. The number of hydrogen-bond donors (Lipinski definition) is 2. The summed E-state index contributed by atoms with van der Waals surface area (Å²) in [5.41, 5.74) is 2.40. The molecular weight excluding hydrogens is 359 g/mol. The van der Waals surface area contributed by atoms with Gasteiger partial charge in [0.15, 0.2) is 0 Å². The first kappa shape index (κ1) is 11.7. The number of aromatic nitrogens is 1. The van der Waals surface area contributed by atoms with Gasteiger partial charge in [0.05, 0.1) is 10.2 Å². The third-order valence-electron chi connectivity index (χ3n) is 2.59. The Labute approximate surface area is 121 Å². The fraction of sp³-hybridized carbons (Fsp3) is 0. The second-order valence-electron chi connectivity index (χ2n) is 3.84. The van der Waals surface area contributed by atoms with Gasteiger partial charge in [-0.15, -0.1) is 11.3 Å². The van der Waals surface area contributed by atoms with Crippen molar-refractivity contribution in [3.8, 4) is 0 Å². The van der Waals surface area contributed by atoms with Crippen LogP contribution in [0.1, 0.15) is 10.5 Å². The summed E-state index contributed by atoms with van der Waals surface area (Å²) in [7, 11) is 0. The largest absolute Gasteiger partial charge is 0.350 e. The van der Waals surface area contributed by atoms with E-state index in [1.54, 1.807) is 11.3 Å². The molecule has 18 heavy (non-hydrogen) atoms. The third kappa shape index (κ3) is 2.28. The number of anilines is 1. The minimum absolute atomic E-state index is 0.111. The number of rotatable bonds is 2. The topological polar surface area (TPSA) is 44.9 Å². The molecule has 0 aliphatic heterocycles. The summed E-state index contributed by atoms with van der Waals surface area (Å²) in [6.07, 6.45) is 0. The van der Waals surface area contributed by atoms with E-state index >= 15 is 0 Å². The molecule has 0 spiro atoms. The molecule has 3 rings (SSSR count). The van der Waals surface area contributed by atoms with Crippen molar-refractivity contribution in [3.05, 3.63) is 51.0 Å². The lowest BCUT2D eigenvalue weighted by molar-refractivity contribution is 0.102. The van der Waals surface area contributed by atoms with Crippen LogP contribution in [0.15, 0.2) is 41.8 Å². The monoisotopic (exact) mass is 368 g/mol. The fourth-order valence-electron chi connectivity index (χ4n) is 1.70. The van der Waals surface area contributed by atoms with Crippen molar-refractivity contribution >= 4 is 55.7 Å². The van der Waals surface area contributed by atoms with Crippen molar-refractivity contribution in [2.24, 2.45) is 0 Å². The molecule has 0 fully saturated rings. The molecule has 0 atom stereocenters. The fourth-order valence-corrected chi connectivity index (χ4v) is 2.84. The smallest absolute Gasteiger partial charge is 0.272 e. The predicted octanol–water partition coefficient (Wildman–Crippen LogP) is 4.09. The van der Waals surface area contributed by atoms with Crippen molar-refractivity contribution in [1.82, 2.24) is 4.98 Å². The van der Waals surface area contributed by atoms with Crippen LogP contribution in [-0.4, -0.2) is 10.9 Å². The summed E-state index contributed by atoms with van der Waals surface area (Å²) in [6.45, 7) is 0. The Bertz CT molecular complexity index is 671. The van der Waals surface area contributed by atoms with Gasteiger partial charge in [0, 0.05) is 9.26 Å². The highest BCUT2D eigenvalue weighted by atomic mass is 127. The maximum absolute atomic E-state index is 12.0. The van der Waals surface area contributed by atoms with Crippen LogP contribution in [0.2, 0.25) is 0 Å². The summed E-state index contributed by atoms with van der Waals surface area (Å²) in [5.74, 6) is -0.111. The van der Waals surface area contributed by atoms with Gasteiger partial charge < -0.3 is 10.3 Å². The second kappa shape index (κ2) is 4.74. The molecule has 3 nitrogen and oxygen atoms in total. The van der Waals surface area contributed by atoms with Crippen molar-refractivity contribution in [2.45, 2.75) is 0 Å². The van der Waals surface area contributed by atoms with Gasteiger partial charge in [-0.3, -0.25) is 4.79 Å². The molecule has 2 N–H and O–H groups in total. The summed E-state index contributed by atoms with van der Waals surface area (Å²) >= 11 is 3.85. The molecule has 0 saturated carbocycles. The van der Waals surface area contributed by atoms with E-state index in [1.807, 2.05) is 41.8 Å². The standard InChI is InChI=1S/C13H9IN2OS/c14-8-1-3-9(4-2-8)15-13(17)11-7-12-10(16-11)5-6-18-12/h1-7,16H,(H,15,17). The molecule has 90 valence electrons. The van der Waals surface area contributed by atoms with Crippen LogP contribution >= 0.6 is 33.9 Å². The highest BCUT2D eigenvalue weighted by Gasteiger charge is 2.10. The SMILES string of the molecule is O=C(Nc1ccc(I)cc1)c1cc2sccc2[nH]1. The average Bonchev–Trinajstić information content (AvgIpc) is 2.92. The Hall–Kier alpha value is -1.34. The quantitative estimate of drug-likeness (QED) is 0.658. The van der Waals surface area contributed by atoms with E-state index in [4.69, 9.17) is 0 Å². The van der Waals surface area contributed by atoms with Gasteiger partial charge in [0.25, 0.3) is 5.91 Å². The van der Waals surface area contributed by atoms with Gasteiger partial charge in [-0.25, -0.2) is 0 Å². The minimum atomic E-state index is -0.111. The number of thiophene rings is 1. The number of H-pyrrole nitrogens is 1. The predicted molar refractivity (Wildman–Crippen MR) is 83.3 cm³/mol. The van der Waals surface area contributed by atoms with E-state index in [9.17, 15) is 4.79 Å². The summed E-state index contributed by atoms with van der Waals surface area (Å²) < 4.78 is 2.24. The third-order valence-corrected chi connectivity index (χ3v) is 4.17. The van der Waals surface area contributed by atoms with Crippen LogP contribution in [0.25, 0.3) is 10.2 Å². The highest BCUT2D eigenvalue weighted by molar-refractivity contribution is 14.1. The van der Waals surface area contributed by atoms with Crippen molar-refractivity contribution in [2.75, 3.05) is 5.32 Å². The number of benzene rings is 1. The first-order valence-corrected chi connectivity index (χ1v) is 7.31. The van der Waals surface area contributed by atoms with Crippen LogP contribution in [0, 0.1) is 3.57 Å². The molecule has 5 heteroatoms. The maximum atomic E-state index is 12.0. The normalized spacial score (nSPS) is 10.7. The first-order valence-electron chi connectivity index (χ1n) is 5.35. The van der Waals surface area contributed by atoms with Gasteiger partial charge in [0.1, 0.15) is 5.69 Å². The minimum Gasteiger partial charge on any atom is -0.350 e. The van der Waals surface area contributed by atoms with E-state index in [0.717, 1.165) is 19.5 Å². The zero-order valence-electron chi connectivity index (χ0n) is 9.24. The Morgan fingerprint density at radius 2 is 2.00 bits per heavy atom. The van der Waals surface area contributed by atoms with Crippen molar-refractivity contribution < 1.29 is 4.79 Å². The van der Waals surface area contributed by atoms with Gasteiger partial charge in [-0.2, -0.15) is 0 Å². The molecule has 1 aromatic carbocycles. The first-order chi connectivity index (χ1) is 8.72. The molecule has 0 aliphatic rings. The van der Waals surface area contributed by atoms with Crippen LogP contribution in [0.4, 0.5) is 5.69 Å². The number of carbonyl (C=O) groups is 1. The number of hydrogen-bond acceptors (Lipinski definition) is 2. The van der Waals surface area contributed by atoms with E-state index < -0.39 is 0 Å². The maximum Gasteiger partial charge on any atom is 0.272 e. The van der Waals surface area contributed by atoms with E-state index in [0.29, 0.717) is 5.69 Å². The van der Waals surface area contributed by atoms with E-state index in [1.165, 1.54) is 0 Å². The summed E-state index contributed by atoms with van der Waals surface area (Å²) in [6, 6.07) is 11.6. The lowest BCUT2D eigenvalue weighted by Crippen LogP contribution is -2.12. The number of nitrogens with one attached hydrogen (secondary N) is 2. The second-order valence-corrected chi connectivity index (χ2v) is 6.04. The molecule has 0 bridgehead atoms. The van der Waals surface area contributed by atoms with Gasteiger partial charge in [-0.05, 0) is 64.4 Å².